The molecule has 0 amide bonds. The average Bonchev–Trinajstić information content (AvgIpc) is 2.48. The van der Waals surface area contributed by atoms with Crippen molar-refractivity contribution < 1.29 is 13.5 Å². The Morgan fingerprint density at radius 1 is 1.15 bits per heavy atom. The Kier molecular flexibility index (Phi) is 4.59. The molecule has 102 valence electrons. The molecule has 0 aromatic heterocycles. The molecule has 0 radical (unpaired) electrons. The quantitative estimate of drug-likeness (QED) is 0.794. The zero-order chi connectivity index (χ0) is 14.5. The molecule has 2 rings (SSSR count). The van der Waals surface area contributed by atoms with Gasteiger partial charge in [0.2, 0.25) is 0 Å². The SMILES string of the molecule is COc1cc(CSc2ccc(F)c(F)c2)ccc1C#N. The Morgan fingerprint density at radius 2 is 1.95 bits per heavy atom. The van der Waals surface area contributed by atoms with Crippen LogP contribution in [0.15, 0.2) is 41.3 Å². The van der Waals surface area contributed by atoms with Gasteiger partial charge >= 0.3 is 0 Å². The van der Waals surface area contributed by atoms with E-state index < -0.39 is 11.6 Å². The third kappa shape index (κ3) is 3.28. The van der Waals surface area contributed by atoms with E-state index in [1.807, 2.05) is 12.1 Å². The van der Waals surface area contributed by atoms with Crippen LogP contribution in [0.25, 0.3) is 0 Å². The number of nitriles is 1. The van der Waals surface area contributed by atoms with Crippen LogP contribution in [0.3, 0.4) is 0 Å². The third-order valence-corrected chi connectivity index (χ3v) is 3.75. The van der Waals surface area contributed by atoms with Gasteiger partial charge in [-0.25, -0.2) is 8.78 Å². The first-order chi connectivity index (χ1) is 9.63. The third-order valence-electron chi connectivity index (χ3n) is 2.68. The molecule has 0 N–H and O–H groups in total. The van der Waals surface area contributed by atoms with Crippen LogP contribution in [0.4, 0.5) is 8.78 Å². The fourth-order valence-corrected chi connectivity index (χ4v) is 2.52. The zero-order valence-corrected chi connectivity index (χ0v) is 11.5. The summed E-state index contributed by atoms with van der Waals surface area (Å²) in [5.74, 6) is -0.620. The molecular weight excluding hydrogens is 280 g/mol. The molecule has 2 aromatic carbocycles. The van der Waals surface area contributed by atoms with Crippen LogP contribution in [0.2, 0.25) is 0 Å². The van der Waals surface area contributed by atoms with E-state index >= 15 is 0 Å². The van der Waals surface area contributed by atoms with Crippen LogP contribution < -0.4 is 4.74 Å². The van der Waals surface area contributed by atoms with Gasteiger partial charge in [-0.05, 0) is 35.9 Å². The summed E-state index contributed by atoms with van der Waals surface area (Å²) in [6.45, 7) is 0. The van der Waals surface area contributed by atoms with Gasteiger partial charge < -0.3 is 4.74 Å². The fraction of sp³-hybridized carbons (Fsp3) is 0.133. The van der Waals surface area contributed by atoms with Gasteiger partial charge in [-0.15, -0.1) is 11.8 Å². The van der Waals surface area contributed by atoms with Gasteiger partial charge in [-0.3, -0.25) is 0 Å². The lowest BCUT2D eigenvalue weighted by molar-refractivity contribution is 0.413. The monoisotopic (exact) mass is 291 g/mol. The van der Waals surface area contributed by atoms with E-state index in [9.17, 15) is 8.78 Å². The lowest BCUT2D eigenvalue weighted by Crippen LogP contribution is -1.90. The van der Waals surface area contributed by atoms with Crippen molar-refractivity contribution in [1.29, 1.82) is 5.26 Å². The van der Waals surface area contributed by atoms with Crippen molar-refractivity contribution >= 4 is 11.8 Å². The molecule has 0 aliphatic carbocycles. The molecular formula is C15H11F2NOS. The van der Waals surface area contributed by atoms with Crippen LogP contribution >= 0.6 is 11.8 Å². The van der Waals surface area contributed by atoms with E-state index in [2.05, 4.69) is 0 Å². The Bertz CT molecular complexity index is 667. The second kappa shape index (κ2) is 6.40. The molecule has 2 aromatic rings. The first-order valence-electron chi connectivity index (χ1n) is 5.79. The molecule has 0 aliphatic rings. The highest BCUT2D eigenvalue weighted by molar-refractivity contribution is 7.98. The van der Waals surface area contributed by atoms with Crippen molar-refractivity contribution in [3.05, 3.63) is 59.2 Å². The van der Waals surface area contributed by atoms with Crippen molar-refractivity contribution in [1.82, 2.24) is 0 Å². The highest BCUT2D eigenvalue weighted by atomic mass is 32.2. The highest BCUT2D eigenvalue weighted by Crippen LogP contribution is 2.27. The van der Waals surface area contributed by atoms with E-state index in [4.69, 9.17) is 10.00 Å². The lowest BCUT2D eigenvalue weighted by atomic mass is 10.1. The molecule has 0 saturated carbocycles. The number of thioether (sulfide) groups is 1. The van der Waals surface area contributed by atoms with Gasteiger partial charge in [0.05, 0.1) is 12.7 Å². The molecule has 5 heteroatoms. The Morgan fingerprint density at radius 3 is 2.60 bits per heavy atom. The minimum absolute atomic E-state index is 0.467. The van der Waals surface area contributed by atoms with Crippen molar-refractivity contribution in [3.63, 3.8) is 0 Å². The van der Waals surface area contributed by atoms with Gasteiger partial charge in [-0.2, -0.15) is 5.26 Å². The minimum atomic E-state index is -0.854. The zero-order valence-electron chi connectivity index (χ0n) is 10.7. The summed E-state index contributed by atoms with van der Waals surface area (Å²) in [4.78, 5) is 0.646. The van der Waals surface area contributed by atoms with Crippen LogP contribution in [-0.2, 0) is 5.75 Å². The maximum atomic E-state index is 13.1. The van der Waals surface area contributed by atoms with E-state index in [0.29, 0.717) is 22.0 Å². The first kappa shape index (κ1) is 14.4. The van der Waals surface area contributed by atoms with Gasteiger partial charge in [0.1, 0.15) is 11.8 Å². The summed E-state index contributed by atoms with van der Waals surface area (Å²) >= 11 is 1.38. The van der Waals surface area contributed by atoms with Crippen molar-refractivity contribution in [2.75, 3.05) is 7.11 Å². The van der Waals surface area contributed by atoms with Gasteiger partial charge in [0.25, 0.3) is 0 Å². The topological polar surface area (TPSA) is 33.0 Å². The van der Waals surface area contributed by atoms with E-state index in [1.165, 1.54) is 31.0 Å². The summed E-state index contributed by atoms with van der Waals surface area (Å²) < 4.78 is 31.0. The van der Waals surface area contributed by atoms with Crippen molar-refractivity contribution in [2.45, 2.75) is 10.6 Å². The first-order valence-corrected chi connectivity index (χ1v) is 6.77. The van der Waals surface area contributed by atoms with E-state index in [-0.39, 0.29) is 0 Å². The van der Waals surface area contributed by atoms with Gasteiger partial charge in [0, 0.05) is 10.6 Å². The maximum Gasteiger partial charge on any atom is 0.159 e. The number of nitrogens with zero attached hydrogens (tertiary/aromatic N) is 1. The van der Waals surface area contributed by atoms with E-state index in [0.717, 1.165) is 11.6 Å². The molecule has 0 saturated heterocycles. The number of benzene rings is 2. The Hall–Kier alpha value is -2.06. The number of methoxy groups -OCH3 is 1. The summed E-state index contributed by atoms with van der Waals surface area (Å²) in [5.41, 5.74) is 1.41. The normalized spacial score (nSPS) is 10.1. The average molecular weight is 291 g/mol. The molecule has 0 fully saturated rings. The summed E-state index contributed by atoms with van der Waals surface area (Å²) in [7, 11) is 1.50. The number of rotatable bonds is 4. The molecule has 0 heterocycles. The summed E-state index contributed by atoms with van der Waals surface area (Å²) in [5, 5.41) is 8.89. The highest BCUT2D eigenvalue weighted by Gasteiger charge is 2.06. The number of hydrogen-bond acceptors (Lipinski definition) is 3. The standard InChI is InChI=1S/C15H11F2NOS/c1-19-15-6-10(2-3-11(15)8-18)9-20-12-4-5-13(16)14(17)7-12/h2-7H,9H2,1H3. The molecule has 0 unspecified atom stereocenters. The summed E-state index contributed by atoms with van der Waals surface area (Å²) in [6, 6.07) is 11.1. The van der Waals surface area contributed by atoms with Crippen LogP contribution in [0.1, 0.15) is 11.1 Å². The lowest BCUT2D eigenvalue weighted by Gasteiger charge is -2.06. The summed E-state index contributed by atoms with van der Waals surface area (Å²) in [6.07, 6.45) is 0. The minimum Gasteiger partial charge on any atom is -0.495 e. The van der Waals surface area contributed by atoms with Crippen molar-refractivity contribution in [3.8, 4) is 11.8 Å². The van der Waals surface area contributed by atoms with Gasteiger partial charge in [-0.1, -0.05) is 6.07 Å². The Labute approximate surface area is 120 Å². The number of hydrogen-bond donors (Lipinski definition) is 0. The van der Waals surface area contributed by atoms with Gasteiger partial charge in [0.15, 0.2) is 11.6 Å². The van der Waals surface area contributed by atoms with E-state index in [1.54, 1.807) is 12.1 Å². The maximum absolute atomic E-state index is 13.1. The molecule has 0 atom stereocenters. The van der Waals surface area contributed by atoms with Crippen LogP contribution in [-0.4, -0.2) is 7.11 Å². The predicted octanol–water partition coefficient (Wildman–Crippen LogP) is 4.14. The molecule has 0 bridgehead atoms. The fourth-order valence-electron chi connectivity index (χ4n) is 1.65. The van der Waals surface area contributed by atoms with Crippen LogP contribution in [0, 0.1) is 23.0 Å². The molecule has 20 heavy (non-hydrogen) atoms. The second-order valence-corrected chi connectivity index (χ2v) is 5.06. The number of halogens is 2. The molecule has 2 nitrogen and oxygen atoms in total. The smallest absolute Gasteiger partial charge is 0.159 e. The van der Waals surface area contributed by atoms with Crippen molar-refractivity contribution in [2.24, 2.45) is 0 Å². The number of ether oxygens (including phenoxy) is 1. The van der Waals surface area contributed by atoms with Crippen LogP contribution in [0.5, 0.6) is 5.75 Å². The Balaban J connectivity index is 2.11. The molecule has 0 aliphatic heterocycles. The second-order valence-electron chi connectivity index (χ2n) is 4.01. The largest absolute Gasteiger partial charge is 0.495 e. The predicted molar refractivity (Wildman–Crippen MR) is 73.6 cm³/mol. The molecule has 0 spiro atoms.